The standard InChI is InChI=1S/C23H23ClN2O3/c1-15(27)26-13-11-18(12-14-26)23-25-21(16-3-7-19(24)8-4-16)22(29-23)17-5-9-20(28-2)10-6-17/h3-10,18H,11-14H2,1-2H3. The third kappa shape index (κ3) is 4.15. The number of oxazole rings is 1. The van der Waals surface area contributed by atoms with Crippen molar-refractivity contribution in [2.24, 2.45) is 0 Å². The van der Waals surface area contributed by atoms with Crippen LogP contribution in [0.4, 0.5) is 0 Å². The molecule has 1 saturated heterocycles. The summed E-state index contributed by atoms with van der Waals surface area (Å²) in [5.41, 5.74) is 2.70. The van der Waals surface area contributed by atoms with Gasteiger partial charge in [-0.05, 0) is 49.2 Å². The van der Waals surface area contributed by atoms with Crippen LogP contribution in [0.1, 0.15) is 31.6 Å². The second kappa shape index (κ2) is 8.29. The summed E-state index contributed by atoms with van der Waals surface area (Å²) in [5.74, 6) is 2.57. The third-order valence-electron chi connectivity index (χ3n) is 5.40. The number of nitrogens with zero attached hydrogens (tertiary/aromatic N) is 2. The Labute approximate surface area is 175 Å². The molecule has 6 heteroatoms. The lowest BCUT2D eigenvalue weighted by atomic mass is 9.97. The van der Waals surface area contributed by atoms with Crippen molar-refractivity contribution in [3.05, 3.63) is 59.4 Å². The molecule has 1 aliphatic heterocycles. The Bertz CT molecular complexity index is 988. The topological polar surface area (TPSA) is 55.6 Å². The Balaban J connectivity index is 1.70. The van der Waals surface area contributed by atoms with Crippen molar-refractivity contribution in [1.29, 1.82) is 0 Å². The van der Waals surface area contributed by atoms with E-state index in [1.807, 2.05) is 53.4 Å². The fourth-order valence-corrected chi connectivity index (χ4v) is 3.82. The van der Waals surface area contributed by atoms with Crippen molar-refractivity contribution in [2.75, 3.05) is 20.2 Å². The summed E-state index contributed by atoms with van der Waals surface area (Å²) in [6.45, 7) is 3.08. The van der Waals surface area contributed by atoms with Crippen LogP contribution in [0.25, 0.3) is 22.6 Å². The lowest BCUT2D eigenvalue weighted by molar-refractivity contribution is -0.129. The first-order valence-corrected chi connectivity index (χ1v) is 10.1. The zero-order chi connectivity index (χ0) is 20.4. The minimum Gasteiger partial charge on any atom is -0.497 e. The van der Waals surface area contributed by atoms with E-state index >= 15 is 0 Å². The minimum atomic E-state index is 0.122. The number of benzene rings is 2. The summed E-state index contributed by atoms with van der Waals surface area (Å²) in [6, 6.07) is 15.4. The monoisotopic (exact) mass is 410 g/mol. The molecule has 1 amide bonds. The molecule has 0 N–H and O–H groups in total. The van der Waals surface area contributed by atoms with Crippen LogP contribution >= 0.6 is 11.6 Å². The van der Waals surface area contributed by atoms with Crippen LogP contribution in [0.5, 0.6) is 5.75 Å². The number of aromatic nitrogens is 1. The van der Waals surface area contributed by atoms with Crippen molar-refractivity contribution in [1.82, 2.24) is 9.88 Å². The van der Waals surface area contributed by atoms with Crippen LogP contribution in [0.2, 0.25) is 5.02 Å². The summed E-state index contributed by atoms with van der Waals surface area (Å²) in [5, 5.41) is 0.681. The second-order valence-electron chi connectivity index (χ2n) is 7.25. The van der Waals surface area contributed by atoms with Gasteiger partial charge in [0.25, 0.3) is 0 Å². The van der Waals surface area contributed by atoms with Gasteiger partial charge >= 0.3 is 0 Å². The fourth-order valence-electron chi connectivity index (χ4n) is 3.69. The molecule has 0 aliphatic carbocycles. The van der Waals surface area contributed by atoms with Gasteiger partial charge < -0.3 is 14.1 Å². The molecule has 3 aromatic rings. The number of ether oxygens (including phenoxy) is 1. The van der Waals surface area contributed by atoms with Gasteiger partial charge in [0.2, 0.25) is 5.91 Å². The number of hydrogen-bond acceptors (Lipinski definition) is 4. The van der Waals surface area contributed by atoms with E-state index in [2.05, 4.69) is 0 Å². The van der Waals surface area contributed by atoms with Gasteiger partial charge in [-0.15, -0.1) is 0 Å². The number of likely N-dealkylation sites (tertiary alicyclic amines) is 1. The van der Waals surface area contributed by atoms with Gasteiger partial charge in [-0.1, -0.05) is 23.7 Å². The van der Waals surface area contributed by atoms with Crippen molar-refractivity contribution in [3.63, 3.8) is 0 Å². The third-order valence-corrected chi connectivity index (χ3v) is 5.66. The highest BCUT2D eigenvalue weighted by molar-refractivity contribution is 6.30. The van der Waals surface area contributed by atoms with Crippen LogP contribution in [-0.2, 0) is 4.79 Å². The van der Waals surface area contributed by atoms with Crippen LogP contribution in [0.15, 0.2) is 52.9 Å². The maximum absolute atomic E-state index is 11.6. The lowest BCUT2D eigenvalue weighted by Crippen LogP contribution is -2.36. The van der Waals surface area contributed by atoms with Crippen LogP contribution in [-0.4, -0.2) is 36.0 Å². The van der Waals surface area contributed by atoms with Gasteiger partial charge in [-0.3, -0.25) is 4.79 Å². The number of hydrogen-bond donors (Lipinski definition) is 0. The Morgan fingerprint density at radius 2 is 1.69 bits per heavy atom. The van der Waals surface area contributed by atoms with Gasteiger partial charge in [0, 0.05) is 42.1 Å². The number of carbonyl (C=O) groups is 1. The summed E-state index contributed by atoms with van der Waals surface area (Å²) in [4.78, 5) is 18.4. The highest BCUT2D eigenvalue weighted by atomic mass is 35.5. The first-order valence-electron chi connectivity index (χ1n) is 9.71. The fraction of sp³-hybridized carbons (Fsp3) is 0.304. The largest absolute Gasteiger partial charge is 0.497 e. The molecule has 0 saturated carbocycles. The predicted molar refractivity (Wildman–Crippen MR) is 113 cm³/mol. The molecule has 0 bridgehead atoms. The van der Waals surface area contributed by atoms with E-state index in [-0.39, 0.29) is 11.8 Å². The Morgan fingerprint density at radius 1 is 1.07 bits per heavy atom. The van der Waals surface area contributed by atoms with E-state index in [1.165, 1.54) is 0 Å². The lowest BCUT2D eigenvalue weighted by Gasteiger charge is -2.29. The van der Waals surface area contributed by atoms with E-state index in [0.29, 0.717) is 5.02 Å². The van der Waals surface area contributed by atoms with Crippen molar-refractivity contribution in [3.8, 4) is 28.3 Å². The molecule has 4 rings (SSSR count). The Hall–Kier alpha value is -2.79. The quantitative estimate of drug-likeness (QED) is 0.578. The molecular formula is C23H23ClN2O3. The molecule has 150 valence electrons. The molecular weight excluding hydrogens is 388 g/mol. The van der Waals surface area contributed by atoms with Gasteiger partial charge in [0.05, 0.1) is 7.11 Å². The normalized spacial score (nSPS) is 14.8. The Kier molecular flexibility index (Phi) is 5.58. The van der Waals surface area contributed by atoms with Crippen LogP contribution in [0.3, 0.4) is 0 Å². The predicted octanol–water partition coefficient (Wildman–Crippen LogP) is 5.40. The first-order chi connectivity index (χ1) is 14.0. The van der Waals surface area contributed by atoms with Crippen LogP contribution < -0.4 is 4.74 Å². The maximum Gasteiger partial charge on any atom is 0.219 e. The van der Waals surface area contributed by atoms with Gasteiger partial charge in [0.15, 0.2) is 11.7 Å². The number of amides is 1. The van der Waals surface area contributed by atoms with Gasteiger partial charge in [0.1, 0.15) is 11.4 Å². The van der Waals surface area contributed by atoms with Gasteiger partial charge in [-0.2, -0.15) is 0 Å². The molecule has 5 nitrogen and oxygen atoms in total. The molecule has 1 fully saturated rings. The van der Waals surface area contributed by atoms with Crippen molar-refractivity contribution >= 4 is 17.5 Å². The highest BCUT2D eigenvalue weighted by Gasteiger charge is 2.27. The number of halogens is 1. The number of carbonyl (C=O) groups excluding carboxylic acids is 1. The van der Waals surface area contributed by atoms with E-state index in [0.717, 1.165) is 60.2 Å². The number of methoxy groups -OCH3 is 1. The zero-order valence-electron chi connectivity index (χ0n) is 16.5. The molecule has 1 aliphatic rings. The Morgan fingerprint density at radius 3 is 2.28 bits per heavy atom. The molecule has 2 aromatic carbocycles. The SMILES string of the molecule is COc1ccc(-c2oc(C3CCN(C(C)=O)CC3)nc2-c2ccc(Cl)cc2)cc1. The van der Waals surface area contributed by atoms with E-state index in [9.17, 15) is 4.79 Å². The molecule has 1 aromatic heterocycles. The summed E-state index contributed by atoms with van der Waals surface area (Å²) in [7, 11) is 1.65. The molecule has 0 radical (unpaired) electrons. The molecule has 29 heavy (non-hydrogen) atoms. The minimum absolute atomic E-state index is 0.122. The summed E-state index contributed by atoms with van der Waals surface area (Å²) >= 11 is 6.07. The maximum atomic E-state index is 11.6. The molecule has 2 heterocycles. The number of rotatable bonds is 4. The van der Waals surface area contributed by atoms with Crippen molar-refractivity contribution < 1.29 is 13.9 Å². The average molecular weight is 411 g/mol. The van der Waals surface area contributed by atoms with Gasteiger partial charge in [-0.25, -0.2) is 4.98 Å². The summed E-state index contributed by atoms with van der Waals surface area (Å²) in [6.07, 6.45) is 1.70. The summed E-state index contributed by atoms with van der Waals surface area (Å²) < 4.78 is 11.6. The number of piperidine rings is 1. The van der Waals surface area contributed by atoms with Crippen molar-refractivity contribution in [2.45, 2.75) is 25.7 Å². The first kappa shape index (κ1) is 19.5. The highest BCUT2D eigenvalue weighted by Crippen LogP contribution is 2.38. The van der Waals surface area contributed by atoms with E-state index in [1.54, 1.807) is 14.0 Å². The zero-order valence-corrected chi connectivity index (χ0v) is 17.3. The smallest absolute Gasteiger partial charge is 0.219 e. The molecule has 0 spiro atoms. The van der Waals surface area contributed by atoms with E-state index in [4.69, 9.17) is 25.7 Å². The van der Waals surface area contributed by atoms with Crippen LogP contribution in [0, 0.1) is 0 Å². The molecule has 0 unspecified atom stereocenters. The van der Waals surface area contributed by atoms with E-state index < -0.39 is 0 Å². The molecule has 0 atom stereocenters. The average Bonchev–Trinajstić information content (AvgIpc) is 3.20. The second-order valence-corrected chi connectivity index (χ2v) is 7.68.